The highest BCUT2D eigenvalue weighted by molar-refractivity contribution is 5.82. The molecule has 0 aliphatic heterocycles. The lowest BCUT2D eigenvalue weighted by molar-refractivity contribution is 0.897. The fourth-order valence-electron chi connectivity index (χ4n) is 2.56. The Morgan fingerprint density at radius 2 is 1.92 bits per heavy atom. The van der Waals surface area contributed by atoms with Crippen LogP contribution in [0.3, 0.4) is 0 Å². The molecule has 0 aliphatic rings. The first-order valence-corrected chi connectivity index (χ1v) is 7.44. The number of aromatic nitrogens is 6. The van der Waals surface area contributed by atoms with Crippen LogP contribution < -0.4 is 5.56 Å². The van der Waals surface area contributed by atoms with Gasteiger partial charge in [0.15, 0.2) is 0 Å². The molecule has 0 radical (unpaired) electrons. The molecule has 0 aliphatic carbocycles. The molecule has 0 unspecified atom stereocenters. The van der Waals surface area contributed by atoms with Gasteiger partial charge in [-0.3, -0.25) is 14.8 Å². The predicted molar refractivity (Wildman–Crippen MR) is 90.0 cm³/mol. The van der Waals surface area contributed by atoms with Crippen LogP contribution in [0.5, 0.6) is 0 Å². The van der Waals surface area contributed by atoms with E-state index >= 15 is 0 Å². The van der Waals surface area contributed by atoms with Gasteiger partial charge in [-0.1, -0.05) is 0 Å². The fourth-order valence-corrected chi connectivity index (χ4v) is 2.56. The first-order chi connectivity index (χ1) is 11.6. The molecule has 24 heavy (non-hydrogen) atoms. The van der Waals surface area contributed by atoms with Gasteiger partial charge in [-0.15, -0.1) is 0 Å². The van der Waals surface area contributed by atoms with E-state index in [1.807, 2.05) is 13.0 Å². The Morgan fingerprint density at radius 1 is 1.04 bits per heavy atom. The van der Waals surface area contributed by atoms with E-state index in [0.717, 1.165) is 28.0 Å². The van der Waals surface area contributed by atoms with Crippen LogP contribution in [-0.2, 0) is 0 Å². The van der Waals surface area contributed by atoms with Crippen molar-refractivity contribution in [2.75, 3.05) is 0 Å². The molecule has 0 saturated carbocycles. The minimum Gasteiger partial charge on any atom is -0.327 e. The number of H-pyrrole nitrogens is 1. The zero-order valence-electron chi connectivity index (χ0n) is 13.2. The van der Waals surface area contributed by atoms with E-state index < -0.39 is 0 Å². The number of hydrogen-bond donors (Lipinski definition) is 1. The average Bonchev–Trinajstić information content (AvgIpc) is 3.00. The summed E-state index contributed by atoms with van der Waals surface area (Å²) in [5.41, 5.74) is 4.47. The standard InChI is InChI=1S/C17H14N6O/c1-10-3-13(8-20-17(10)24)23-16-4-14(19-6-12(16)7-21-23)15-9-18-5-11(2)22-15/h3-9H,1-2H3,(H,20,24). The van der Waals surface area contributed by atoms with Crippen LogP contribution in [-0.4, -0.2) is 29.7 Å². The lowest BCUT2D eigenvalue weighted by Gasteiger charge is -2.06. The van der Waals surface area contributed by atoms with Gasteiger partial charge in [0.05, 0.1) is 35.0 Å². The molecule has 0 atom stereocenters. The number of aryl methyl sites for hydroxylation is 2. The molecule has 118 valence electrons. The third-order valence-electron chi connectivity index (χ3n) is 3.79. The maximum Gasteiger partial charge on any atom is 0.250 e. The molecule has 4 aromatic heterocycles. The molecule has 1 N–H and O–H groups in total. The van der Waals surface area contributed by atoms with Gasteiger partial charge in [-0.25, -0.2) is 9.67 Å². The van der Waals surface area contributed by atoms with E-state index in [1.165, 1.54) is 0 Å². The maximum atomic E-state index is 11.6. The minimum atomic E-state index is -0.104. The zero-order chi connectivity index (χ0) is 16.7. The summed E-state index contributed by atoms with van der Waals surface area (Å²) in [6, 6.07) is 3.73. The smallest absolute Gasteiger partial charge is 0.250 e. The minimum absolute atomic E-state index is 0.104. The van der Waals surface area contributed by atoms with Crippen LogP contribution in [0.4, 0.5) is 0 Å². The molecule has 7 heteroatoms. The summed E-state index contributed by atoms with van der Waals surface area (Å²) in [5.74, 6) is 0. The number of nitrogens with zero attached hydrogens (tertiary/aromatic N) is 5. The van der Waals surface area contributed by atoms with Crippen molar-refractivity contribution < 1.29 is 0 Å². The normalized spacial score (nSPS) is 11.1. The number of fused-ring (bicyclic) bond motifs is 1. The second-order valence-corrected chi connectivity index (χ2v) is 5.60. The Balaban J connectivity index is 1.90. The summed E-state index contributed by atoms with van der Waals surface area (Å²) in [5, 5.41) is 5.31. The number of aromatic amines is 1. The van der Waals surface area contributed by atoms with Crippen LogP contribution in [0.2, 0.25) is 0 Å². The molecule has 4 heterocycles. The summed E-state index contributed by atoms with van der Waals surface area (Å²) < 4.78 is 1.77. The van der Waals surface area contributed by atoms with Crippen molar-refractivity contribution in [2.24, 2.45) is 0 Å². The highest BCUT2D eigenvalue weighted by Crippen LogP contribution is 2.22. The molecule has 0 bridgehead atoms. The monoisotopic (exact) mass is 318 g/mol. The summed E-state index contributed by atoms with van der Waals surface area (Å²) in [7, 11) is 0. The van der Waals surface area contributed by atoms with Crippen molar-refractivity contribution in [3.05, 3.63) is 64.7 Å². The summed E-state index contributed by atoms with van der Waals surface area (Å²) >= 11 is 0. The van der Waals surface area contributed by atoms with Crippen molar-refractivity contribution in [3.8, 4) is 17.1 Å². The van der Waals surface area contributed by atoms with Crippen LogP contribution in [0.25, 0.3) is 28.0 Å². The molecular weight excluding hydrogens is 304 g/mol. The Labute approximate surface area is 137 Å². The third-order valence-corrected chi connectivity index (χ3v) is 3.79. The summed E-state index contributed by atoms with van der Waals surface area (Å²) in [6.07, 6.45) is 8.54. The quantitative estimate of drug-likeness (QED) is 0.612. The number of pyridine rings is 2. The lowest BCUT2D eigenvalue weighted by Crippen LogP contribution is -2.10. The van der Waals surface area contributed by atoms with Gasteiger partial charge >= 0.3 is 0 Å². The number of nitrogens with one attached hydrogen (secondary N) is 1. The number of hydrogen-bond acceptors (Lipinski definition) is 5. The molecule has 0 saturated heterocycles. The average molecular weight is 318 g/mol. The first kappa shape index (κ1) is 14.3. The molecular formula is C17H14N6O. The van der Waals surface area contributed by atoms with Crippen LogP contribution in [0, 0.1) is 13.8 Å². The van der Waals surface area contributed by atoms with Crippen molar-refractivity contribution in [1.82, 2.24) is 29.7 Å². The van der Waals surface area contributed by atoms with Gasteiger partial charge in [-0.2, -0.15) is 5.10 Å². The van der Waals surface area contributed by atoms with Gasteiger partial charge in [-0.05, 0) is 26.0 Å². The topological polar surface area (TPSA) is 89.4 Å². The Kier molecular flexibility index (Phi) is 3.19. The van der Waals surface area contributed by atoms with E-state index in [2.05, 4.69) is 25.0 Å². The molecule has 0 fully saturated rings. The van der Waals surface area contributed by atoms with E-state index in [-0.39, 0.29) is 5.56 Å². The van der Waals surface area contributed by atoms with Gasteiger partial charge in [0.2, 0.25) is 0 Å². The largest absolute Gasteiger partial charge is 0.327 e. The van der Waals surface area contributed by atoms with Gasteiger partial charge in [0.1, 0.15) is 5.69 Å². The van der Waals surface area contributed by atoms with Gasteiger partial charge in [0, 0.05) is 29.5 Å². The maximum absolute atomic E-state index is 11.6. The lowest BCUT2D eigenvalue weighted by atomic mass is 10.2. The van der Waals surface area contributed by atoms with E-state index in [4.69, 9.17) is 0 Å². The van der Waals surface area contributed by atoms with Gasteiger partial charge < -0.3 is 4.98 Å². The SMILES string of the molecule is Cc1cncc(-c2cc3c(cn2)cnn3-c2c[nH]c(=O)c(C)c2)n1. The van der Waals surface area contributed by atoms with Gasteiger partial charge in [0.25, 0.3) is 5.56 Å². The molecule has 7 nitrogen and oxygen atoms in total. The predicted octanol–water partition coefficient (Wildman–Crippen LogP) is 2.18. The Hall–Kier alpha value is -3.35. The van der Waals surface area contributed by atoms with Crippen molar-refractivity contribution in [3.63, 3.8) is 0 Å². The van der Waals surface area contributed by atoms with Crippen molar-refractivity contribution in [1.29, 1.82) is 0 Å². The summed E-state index contributed by atoms with van der Waals surface area (Å²) in [6.45, 7) is 3.66. The van der Waals surface area contributed by atoms with Crippen LogP contribution in [0.1, 0.15) is 11.3 Å². The second-order valence-electron chi connectivity index (χ2n) is 5.60. The fraction of sp³-hybridized carbons (Fsp3) is 0.118. The van der Waals surface area contributed by atoms with E-state index in [1.54, 1.807) is 48.7 Å². The number of rotatable bonds is 2. The van der Waals surface area contributed by atoms with Crippen LogP contribution in [0.15, 0.2) is 47.9 Å². The Bertz CT molecular complexity index is 1110. The molecule has 0 amide bonds. The van der Waals surface area contributed by atoms with Crippen molar-refractivity contribution >= 4 is 10.9 Å². The van der Waals surface area contributed by atoms with E-state index in [0.29, 0.717) is 11.3 Å². The van der Waals surface area contributed by atoms with E-state index in [9.17, 15) is 4.79 Å². The van der Waals surface area contributed by atoms with Crippen LogP contribution >= 0.6 is 0 Å². The highest BCUT2D eigenvalue weighted by atomic mass is 16.1. The molecule has 4 rings (SSSR count). The third kappa shape index (κ3) is 2.36. The molecule has 0 aromatic carbocycles. The van der Waals surface area contributed by atoms with Crippen molar-refractivity contribution in [2.45, 2.75) is 13.8 Å². The molecule has 4 aromatic rings. The second kappa shape index (κ2) is 5.38. The first-order valence-electron chi connectivity index (χ1n) is 7.44. The zero-order valence-corrected chi connectivity index (χ0v) is 13.2. The molecule has 0 spiro atoms. The summed E-state index contributed by atoms with van der Waals surface area (Å²) in [4.78, 5) is 27.4. The highest BCUT2D eigenvalue weighted by Gasteiger charge is 2.10. The Morgan fingerprint density at radius 3 is 2.71 bits per heavy atom.